The first-order valence-electron chi connectivity index (χ1n) is 7.61. The summed E-state index contributed by atoms with van der Waals surface area (Å²) >= 11 is 5.89. The smallest absolute Gasteiger partial charge is 0.307 e. The van der Waals surface area contributed by atoms with E-state index in [1.165, 1.54) is 0 Å². The number of halogens is 1. The summed E-state index contributed by atoms with van der Waals surface area (Å²) < 4.78 is 10.6. The standard InChI is InChI=1S/C20H19ClO4/c1-24-18-11-7-16(13-19(18)25-2)15(8-12-20(22)23)6-3-14-4-9-17(21)10-5-14/h3-11,13H,12H2,1-2H3,(H,22,23). The van der Waals surface area contributed by atoms with Crippen LogP contribution in [-0.2, 0) is 4.79 Å². The van der Waals surface area contributed by atoms with Crippen LogP contribution in [0.1, 0.15) is 17.5 Å². The van der Waals surface area contributed by atoms with E-state index < -0.39 is 5.97 Å². The van der Waals surface area contributed by atoms with Gasteiger partial charge in [-0.3, -0.25) is 4.79 Å². The monoisotopic (exact) mass is 358 g/mol. The van der Waals surface area contributed by atoms with Crippen LogP contribution in [0.25, 0.3) is 11.6 Å². The van der Waals surface area contributed by atoms with Crippen LogP contribution in [0, 0.1) is 0 Å². The lowest BCUT2D eigenvalue weighted by molar-refractivity contribution is -0.135. The summed E-state index contributed by atoms with van der Waals surface area (Å²) in [5.74, 6) is 0.310. The lowest BCUT2D eigenvalue weighted by atomic mass is 10.0. The molecule has 1 N–H and O–H groups in total. The second-order valence-corrected chi connectivity index (χ2v) is 5.65. The average molecular weight is 359 g/mol. The van der Waals surface area contributed by atoms with Gasteiger partial charge in [-0.25, -0.2) is 0 Å². The van der Waals surface area contributed by atoms with Crippen LogP contribution in [0.3, 0.4) is 0 Å². The summed E-state index contributed by atoms with van der Waals surface area (Å²) in [5.41, 5.74) is 2.58. The molecular formula is C20H19ClO4. The molecule has 0 aliphatic heterocycles. The Morgan fingerprint density at radius 2 is 1.76 bits per heavy atom. The van der Waals surface area contributed by atoms with Crippen molar-refractivity contribution >= 4 is 29.2 Å². The maximum absolute atomic E-state index is 10.9. The van der Waals surface area contributed by atoms with Crippen molar-refractivity contribution in [2.45, 2.75) is 6.42 Å². The number of ether oxygens (including phenoxy) is 2. The van der Waals surface area contributed by atoms with Crippen molar-refractivity contribution < 1.29 is 19.4 Å². The second kappa shape index (κ2) is 8.94. The summed E-state index contributed by atoms with van der Waals surface area (Å²) in [6.45, 7) is 0. The number of carboxylic acids is 1. The van der Waals surface area contributed by atoms with Gasteiger partial charge < -0.3 is 14.6 Å². The molecule has 2 rings (SSSR count). The molecule has 0 aromatic heterocycles. The van der Waals surface area contributed by atoms with Crippen LogP contribution >= 0.6 is 11.6 Å². The number of allylic oxidation sites excluding steroid dienone is 2. The van der Waals surface area contributed by atoms with E-state index in [-0.39, 0.29) is 6.42 Å². The molecule has 0 radical (unpaired) electrons. The Bertz CT molecular complexity index is 792. The third-order valence-electron chi connectivity index (χ3n) is 3.54. The zero-order valence-corrected chi connectivity index (χ0v) is 14.8. The van der Waals surface area contributed by atoms with Crippen molar-refractivity contribution in [3.05, 3.63) is 70.8 Å². The first kappa shape index (κ1) is 18.6. The third kappa shape index (κ3) is 5.40. The Balaban J connectivity index is 2.37. The Kier molecular flexibility index (Phi) is 6.66. The van der Waals surface area contributed by atoms with E-state index in [0.717, 1.165) is 16.7 Å². The van der Waals surface area contributed by atoms with Gasteiger partial charge in [-0.1, -0.05) is 48.0 Å². The highest BCUT2D eigenvalue weighted by atomic mass is 35.5. The van der Waals surface area contributed by atoms with Gasteiger partial charge in [0.25, 0.3) is 0 Å². The van der Waals surface area contributed by atoms with Crippen LogP contribution in [0.15, 0.2) is 54.6 Å². The molecule has 0 fully saturated rings. The molecule has 0 unspecified atom stereocenters. The Morgan fingerprint density at radius 1 is 1.08 bits per heavy atom. The average Bonchev–Trinajstić information content (AvgIpc) is 2.62. The van der Waals surface area contributed by atoms with E-state index in [2.05, 4.69) is 0 Å². The molecule has 0 bridgehead atoms. The molecule has 0 saturated carbocycles. The number of rotatable bonds is 7. The largest absolute Gasteiger partial charge is 0.493 e. The van der Waals surface area contributed by atoms with Crippen LogP contribution in [0.5, 0.6) is 11.5 Å². The lowest BCUT2D eigenvalue weighted by Gasteiger charge is -2.10. The summed E-state index contributed by atoms with van der Waals surface area (Å²) in [6.07, 6.45) is 5.36. The molecule has 5 heteroatoms. The number of aliphatic carboxylic acids is 1. The quantitative estimate of drug-likeness (QED) is 0.713. The Labute approximate surface area is 152 Å². The predicted molar refractivity (Wildman–Crippen MR) is 100 cm³/mol. The molecule has 0 aliphatic rings. The third-order valence-corrected chi connectivity index (χ3v) is 3.79. The molecule has 0 amide bonds. The van der Waals surface area contributed by atoms with Gasteiger partial charge in [0.15, 0.2) is 11.5 Å². The van der Waals surface area contributed by atoms with Gasteiger partial charge in [-0.05, 0) is 41.0 Å². The van der Waals surface area contributed by atoms with E-state index in [4.69, 9.17) is 26.2 Å². The normalized spacial score (nSPS) is 11.6. The first-order valence-corrected chi connectivity index (χ1v) is 7.99. The fraction of sp³-hybridized carbons (Fsp3) is 0.150. The number of methoxy groups -OCH3 is 2. The van der Waals surface area contributed by atoms with E-state index in [1.54, 1.807) is 38.5 Å². The summed E-state index contributed by atoms with van der Waals surface area (Å²) in [7, 11) is 3.13. The summed E-state index contributed by atoms with van der Waals surface area (Å²) in [6, 6.07) is 12.9. The highest BCUT2D eigenvalue weighted by molar-refractivity contribution is 6.30. The Morgan fingerprint density at radius 3 is 2.36 bits per heavy atom. The maximum Gasteiger partial charge on any atom is 0.307 e. The van der Waals surface area contributed by atoms with E-state index in [9.17, 15) is 4.79 Å². The molecule has 2 aromatic rings. The van der Waals surface area contributed by atoms with Crippen LogP contribution in [-0.4, -0.2) is 25.3 Å². The Hall–Kier alpha value is -2.72. The minimum Gasteiger partial charge on any atom is -0.493 e. The highest BCUT2D eigenvalue weighted by Gasteiger charge is 2.07. The molecule has 25 heavy (non-hydrogen) atoms. The van der Waals surface area contributed by atoms with Gasteiger partial charge >= 0.3 is 5.97 Å². The van der Waals surface area contributed by atoms with Gasteiger partial charge in [-0.15, -0.1) is 0 Å². The van der Waals surface area contributed by atoms with E-state index in [1.807, 2.05) is 36.4 Å². The minimum atomic E-state index is -0.891. The molecule has 0 spiro atoms. The molecule has 0 saturated heterocycles. The number of carbonyl (C=O) groups is 1. The summed E-state index contributed by atoms with van der Waals surface area (Å²) in [5, 5.41) is 9.65. The van der Waals surface area contributed by atoms with Gasteiger partial charge in [0.1, 0.15) is 0 Å². The van der Waals surface area contributed by atoms with Crippen molar-refractivity contribution in [1.82, 2.24) is 0 Å². The molecule has 0 aliphatic carbocycles. The van der Waals surface area contributed by atoms with Crippen molar-refractivity contribution in [2.24, 2.45) is 0 Å². The van der Waals surface area contributed by atoms with Crippen LogP contribution in [0.4, 0.5) is 0 Å². The second-order valence-electron chi connectivity index (χ2n) is 5.21. The summed E-state index contributed by atoms with van der Waals surface area (Å²) in [4.78, 5) is 10.9. The fourth-order valence-corrected chi connectivity index (χ4v) is 2.38. The molecule has 4 nitrogen and oxygen atoms in total. The van der Waals surface area contributed by atoms with E-state index in [0.29, 0.717) is 16.5 Å². The van der Waals surface area contributed by atoms with Gasteiger partial charge in [-0.2, -0.15) is 0 Å². The zero-order valence-electron chi connectivity index (χ0n) is 14.0. The van der Waals surface area contributed by atoms with Gasteiger partial charge in [0.05, 0.1) is 20.6 Å². The lowest BCUT2D eigenvalue weighted by Crippen LogP contribution is -1.94. The SMILES string of the molecule is COc1ccc(C(C=Cc2ccc(Cl)cc2)=CCC(=O)O)cc1OC. The van der Waals surface area contributed by atoms with E-state index >= 15 is 0 Å². The van der Waals surface area contributed by atoms with Crippen molar-refractivity contribution in [2.75, 3.05) is 14.2 Å². The van der Waals surface area contributed by atoms with Crippen LogP contribution in [0.2, 0.25) is 5.02 Å². The predicted octanol–water partition coefficient (Wildman–Crippen LogP) is 4.93. The van der Waals surface area contributed by atoms with Gasteiger partial charge in [0.2, 0.25) is 0 Å². The topological polar surface area (TPSA) is 55.8 Å². The van der Waals surface area contributed by atoms with Crippen molar-refractivity contribution in [3.63, 3.8) is 0 Å². The number of hydrogen-bond acceptors (Lipinski definition) is 3. The molecule has 0 heterocycles. The van der Waals surface area contributed by atoms with Crippen molar-refractivity contribution in [1.29, 1.82) is 0 Å². The minimum absolute atomic E-state index is 0.0748. The molecular weight excluding hydrogens is 340 g/mol. The maximum atomic E-state index is 10.9. The molecule has 0 atom stereocenters. The van der Waals surface area contributed by atoms with Crippen molar-refractivity contribution in [3.8, 4) is 11.5 Å². The number of carboxylic acid groups (broad SMARTS) is 1. The zero-order chi connectivity index (χ0) is 18.2. The van der Waals surface area contributed by atoms with Crippen LogP contribution < -0.4 is 9.47 Å². The first-order chi connectivity index (χ1) is 12.0. The molecule has 130 valence electrons. The number of hydrogen-bond donors (Lipinski definition) is 1. The fourth-order valence-electron chi connectivity index (χ4n) is 2.26. The number of benzene rings is 2. The highest BCUT2D eigenvalue weighted by Crippen LogP contribution is 2.31. The molecule has 2 aromatic carbocycles. The van der Waals surface area contributed by atoms with Gasteiger partial charge in [0, 0.05) is 5.02 Å².